The van der Waals surface area contributed by atoms with E-state index in [1.165, 1.54) is 14.2 Å². The Balaban J connectivity index is 0.993. The van der Waals surface area contributed by atoms with Gasteiger partial charge in [0.25, 0.3) is 0 Å². The summed E-state index contributed by atoms with van der Waals surface area (Å²) < 4.78 is 51.5. The number of benzene rings is 2. The Morgan fingerprint density at radius 3 is 2.36 bits per heavy atom. The maximum absolute atomic E-state index is 13.9. The monoisotopic (exact) mass is 704 g/mol. The molecule has 0 saturated carbocycles. The van der Waals surface area contributed by atoms with Crippen molar-refractivity contribution in [3.05, 3.63) is 53.1 Å². The molecule has 2 fully saturated rings. The van der Waals surface area contributed by atoms with Crippen LogP contribution in [0.4, 0.5) is 0 Å². The molecule has 50 heavy (non-hydrogen) atoms. The Morgan fingerprint density at radius 1 is 0.860 bits per heavy atom. The van der Waals surface area contributed by atoms with E-state index in [0.717, 1.165) is 0 Å². The standard InChI is InChI=1S/C34H40O16/c1-13(9-45-34-31(41)29(39)28(38)24(50-34)12-47-33-30(40)27(37)17(35)10-46-33)19-7-16-18(48-19)5-4-14-26(36)25-15-6-21(42-2)22(43-3)8-20(15)44-11-23(25)49-32(14)16/h4-6,8,17,19,23-25,27-31,33-35,37-41H,1,7,9-12H2,2-3H3. The summed E-state index contributed by atoms with van der Waals surface area (Å²) in [6.45, 7) is 3.35. The minimum Gasteiger partial charge on any atom is -0.493 e. The van der Waals surface area contributed by atoms with Gasteiger partial charge in [0.15, 0.2) is 29.9 Å². The molecule has 12 atom stereocenters. The van der Waals surface area contributed by atoms with Crippen LogP contribution in [-0.2, 0) is 25.4 Å². The van der Waals surface area contributed by atoms with Gasteiger partial charge in [0.2, 0.25) is 0 Å². The molecule has 12 unspecified atom stereocenters. The zero-order valence-corrected chi connectivity index (χ0v) is 27.2. The topological polar surface area (TPSA) is 222 Å². The van der Waals surface area contributed by atoms with E-state index in [-0.39, 0.29) is 25.6 Å². The fourth-order valence-electron chi connectivity index (χ4n) is 6.88. The third-order valence-corrected chi connectivity index (χ3v) is 9.76. The molecular weight excluding hydrogens is 664 g/mol. The summed E-state index contributed by atoms with van der Waals surface area (Å²) >= 11 is 0. The zero-order chi connectivity index (χ0) is 35.4. The smallest absolute Gasteiger partial charge is 0.187 e. The van der Waals surface area contributed by atoms with E-state index in [2.05, 4.69) is 6.58 Å². The lowest BCUT2D eigenvalue weighted by Crippen LogP contribution is -2.60. The van der Waals surface area contributed by atoms with E-state index in [4.69, 9.17) is 42.6 Å². The molecule has 7 rings (SSSR count). The number of rotatable bonds is 9. The highest BCUT2D eigenvalue weighted by atomic mass is 16.7. The Hall–Kier alpha value is -3.55. The van der Waals surface area contributed by atoms with Crippen LogP contribution in [0.5, 0.6) is 28.7 Å². The molecule has 6 N–H and O–H groups in total. The van der Waals surface area contributed by atoms with Crippen LogP contribution in [-0.4, -0.2) is 145 Å². The molecule has 5 aliphatic rings. The van der Waals surface area contributed by atoms with Crippen molar-refractivity contribution in [2.24, 2.45) is 0 Å². The van der Waals surface area contributed by atoms with Gasteiger partial charge in [-0.05, 0) is 23.8 Å². The molecular formula is C34H40O16. The molecule has 0 radical (unpaired) electrons. The lowest BCUT2D eigenvalue weighted by Gasteiger charge is -2.41. The number of carbonyl (C=O) groups is 1. The van der Waals surface area contributed by atoms with Gasteiger partial charge in [0.05, 0.1) is 45.5 Å². The van der Waals surface area contributed by atoms with Crippen LogP contribution >= 0.6 is 0 Å². The number of ether oxygens (including phenoxy) is 9. The van der Waals surface area contributed by atoms with Crippen LogP contribution in [0.1, 0.15) is 27.4 Å². The van der Waals surface area contributed by atoms with Crippen LogP contribution in [0.15, 0.2) is 36.4 Å². The van der Waals surface area contributed by atoms with Crippen LogP contribution in [0.25, 0.3) is 0 Å². The zero-order valence-electron chi connectivity index (χ0n) is 27.2. The minimum atomic E-state index is -1.67. The van der Waals surface area contributed by atoms with Crippen molar-refractivity contribution >= 4 is 5.78 Å². The Kier molecular flexibility index (Phi) is 9.68. The third-order valence-electron chi connectivity index (χ3n) is 9.76. The van der Waals surface area contributed by atoms with Crippen molar-refractivity contribution in [1.82, 2.24) is 0 Å². The highest BCUT2D eigenvalue weighted by molar-refractivity contribution is 6.06. The van der Waals surface area contributed by atoms with Crippen LogP contribution in [0, 0.1) is 0 Å². The molecule has 16 nitrogen and oxygen atoms in total. The van der Waals surface area contributed by atoms with Crippen molar-refractivity contribution in [2.75, 3.05) is 40.6 Å². The highest BCUT2D eigenvalue weighted by Crippen LogP contribution is 2.50. The van der Waals surface area contributed by atoms with Crippen molar-refractivity contribution in [1.29, 1.82) is 0 Å². The number of hydrogen-bond acceptors (Lipinski definition) is 16. The average Bonchev–Trinajstić information content (AvgIpc) is 3.57. The summed E-state index contributed by atoms with van der Waals surface area (Å²) in [5.74, 6) is 1.67. The Labute approximate surface area is 286 Å². The molecule has 2 aromatic carbocycles. The molecule has 2 aromatic rings. The molecule has 16 heteroatoms. The van der Waals surface area contributed by atoms with E-state index in [1.807, 2.05) is 0 Å². The third kappa shape index (κ3) is 6.08. The van der Waals surface area contributed by atoms with Gasteiger partial charge < -0.3 is 73.3 Å². The van der Waals surface area contributed by atoms with Gasteiger partial charge in [-0.15, -0.1) is 0 Å². The maximum atomic E-state index is 13.9. The Morgan fingerprint density at radius 2 is 1.60 bits per heavy atom. The van der Waals surface area contributed by atoms with E-state index < -0.39 is 80.0 Å². The highest BCUT2D eigenvalue weighted by Gasteiger charge is 2.48. The SMILES string of the molecule is C=C(COC1OC(COC2OCC(O)C(O)C2O)C(O)C(O)C1O)C1Cc2c(ccc3c2OC2COc4cc(OC)c(OC)cc4C2C3=O)O1. The van der Waals surface area contributed by atoms with Crippen LogP contribution in [0.2, 0.25) is 0 Å². The van der Waals surface area contributed by atoms with Crippen molar-refractivity contribution in [3.8, 4) is 28.7 Å². The van der Waals surface area contributed by atoms with E-state index >= 15 is 0 Å². The summed E-state index contributed by atoms with van der Waals surface area (Å²) in [5, 5.41) is 61.2. The Bertz CT molecular complexity index is 1610. The lowest BCUT2D eigenvalue weighted by molar-refractivity contribution is -0.319. The second-order valence-electron chi connectivity index (χ2n) is 12.9. The van der Waals surface area contributed by atoms with E-state index in [0.29, 0.717) is 57.4 Å². The lowest BCUT2D eigenvalue weighted by atomic mass is 9.81. The molecule has 5 aliphatic heterocycles. The summed E-state index contributed by atoms with van der Waals surface area (Å²) in [6, 6.07) is 6.82. The number of methoxy groups -OCH3 is 2. The normalized spacial score (nSPS) is 35.7. The van der Waals surface area contributed by atoms with Crippen molar-refractivity contribution in [3.63, 3.8) is 0 Å². The first-order valence-electron chi connectivity index (χ1n) is 16.2. The van der Waals surface area contributed by atoms with Crippen LogP contribution in [0.3, 0.4) is 0 Å². The van der Waals surface area contributed by atoms with Gasteiger partial charge in [0, 0.05) is 23.6 Å². The van der Waals surface area contributed by atoms with Gasteiger partial charge in [-0.3, -0.25) is 4.79 Å². The number of hydrogen-bond donors (Lipinski definition) is 6. The first kappa shape index (κ1) is 34.9. The fourth-order valence-corrected chi connectivity index (χ4v) is 6.88. The minimum absolute atomic E-state index is 0.123. The van der Waals surface area contributed by atoms with Gasteiger partial charge in [0.1, 0.15) is 78.8 Å². The number of Topliss-reactive ketones (excluding diaryl/α,β-unsaturated/α-hetero) is 1. The molecule has 0 bridgehead atoms. The summed E-state index contributed by atoms with van der Waals surface area (Å²) in [7, 11) is 3.04. The van der Waals surface area contributed by atoms with Gasteiger partial charge in [-0.2, -0.15) is 0 Å². The first-order chi connectivity index (χ1) is 24.0. The van der Waals surface area contributed by atoms with Crippen molar-refractivity contribution < 1.29 is 78.1 Å². The molecule has 5 heterocycles. The second-order valence-corrected chi connectivity index (χ2v) is 12.9. The first-order valence-corrected chi connectivity index (χ1v) is 16.2. The predicted molar refractivity (Wildman–Crippen MR) is 167 cm³/mol. The summed E-state index contributed by atoms with van der Waals surface area (Å²) in [4.78, 5) is 13.9. The number of carbonyl (C=O) groups excluding carboxylic acids is 1. The van der Waals surface area contributed by atoms with Crippen molar-refractivity contribution in [2.45, 2.75) is 79.9 Å². The number of fused-ring (bicyclic) bond motifs is 6. The summed E-state index contributed by atoms with van der Waals surface area (Å²) in [5.41, 5.74) is 2.20. The molecule has 2 saturated heterocycles. The summed E-state index contributed by atoms with van der Waals surface area (Å²) in [6.07, 6.45) is -14.1. The van der Waals surface area contributed by atoms with E-state index in [9.17, 15) is 35.4 Å². The van der Waals surface area contributed by atoms with Gasteiger partial charge in [-0.25, -0.2) is 0 Å². The second kappa shape index (κ2) is 13.9. The largest absolute Gasteiger partial charge is 0.493 e. The predicted octanol–water partition coefficient (Wildman–Crippen LogP) is -1.04. The molecule has 0 aliphatic carbocycles. The molecule has 272 valence electrons. The number of ketones is 1. The van der Waals surface area contributed by atoms with Gasteiger partial charge >= 0.3 is 0 Å². The molecule has 0 aromatic heterocycles. The van der Waals surface area contributed by atoms with Crippen LogP contribution < -0.4 is 23.7 Å². The average molecular weight is 705 g/mol. The van der Waals surface area contributed by atoms with Gasteiger partial charge in [-0.1, -0.05) is 6.58 Å². The number of aliphatic hydroxyl groups excluding tert-OH is 6. The number of aliphatic hydroxyl groups is 6. The fraction of sp³-hybridized carbons (Fsp3) is 0.559. The molecule has 0 spiro atoms. The maximum Gasteiger partial charge on any atom is 0.187 e. The molecule has 0 amide bonds. The quantitative estimate of drug-likeness (QED) is 0.172. The van der Waals surface area contributed by atoms with E-state index in [1.54, 1.807) is 24.3 Å².